The van der Waals surface area contributed by atoms with Gasteiger partial charge in [0, 0.05) is 31.8 Å². The fraction of sp³-hybridized carbons (Fsp3) is 0.0851. The first kappa shape index (κ1) is 83.5. The summed E-state index contributed by atoms with van der Waals surface area (Å²) in [6.45, 7) is 13.7. The lowest BCUT2D eigenvalue weighted by molar-refractivity contribution is 0.0685. The first-order valence-corrected chi connectivity index (χ1v) is 35.7. The summed E-state index contributed by atoms with van der Waals surface area (Å²) in [5.74, 6) is -5.49. The van der Waals surface area contributed by atoms with Crippen LogP contribution in [-0.2, 0) is 0 Å². The molecular formula is C94H77Cl3O14. The van der Waals surface area contributed by atoms with Crippen LogP contribution in [0.15, 0.2) is 285 Å². The molecule has 0 radical (unpaired) electrons. The topological polar surface area (TPSA) is 258 Å². The minimum Gasteiger partial charge on any atom is -0.478 e. The number of rotatable bonds is 15. The molecule has 0 aliphatic heterocycles. The lowest BCUT2D eigenvalue weighted by Gasteiger charge is -2.11. The highest BCUT2D eigenvalue weighted by Gasteiger charge is 2.17. The van der Waals surface area contributed by atoms with Crippen molar-refractivity contribution in [1.29, 1.82) is 0 Å². The number of ketones is 2. The Morgan fingerprint density at radius 3 is 0.847 bits per heavy atom. The van der Waals surface area contributed by atoms with Gasteiger partial charge in [0.25, 0.3) is 0 Å². The van der Waals surface area contributed by atoms with Gasteiger partial charge in [-0.25, -0.2) is 28.8 Å². The Bertz CT molecular complexity index is 5610. The van der Waals surface area contributed by atoms with Gasteiger partial charge in [-0.1, -0.05) is 247 Å². The van der Waals surface area contributed by atoms with Crippen molar-refractivity contribution >= 4 is 82.2 Å². The number of carbonyl (C=O) groups is 8. The summed E-state index contributed by atoms with van der Waals surface area (Å²) in [7, 11) is 0. The van der Waals surface area contributed by atoms with E-state index < -0.39 is 35.8 Å². The minimum absolute atomic E-state index is 0.00702. The Labute approximate surface area is 658 Å². The molecule has 17 heteroatoms. The van der Waals surface area contributed by atoms with Gasteiger partial charge in [-0.15, -0.1) is 0 Å². The Hall–Kier alpha value is -13.1. The van der Waals surface area contributed by atoms with Crippen molar-refractivity contribution in [2.45, 2.75) is 55.4 Å². The third-order valence-electron chi connectivity index (χ3n) is 17.9. The highest BCUT2D eigenvalue weighted by molar-refractivity contribution is 6.33. The molecule has 14 nitrogen and oxygen atoms in total. The molecule has 0 aliphatic carbocycles. The maximum absolute atomic E-state index is 11.4. The van der Waals surface area contributed by atoms with Crippen LogP contribution >= 0.6 is 34.8 Å². The first-order chi connectivity index (χ1) is 52.9. The Kier molecular flexibility index (Phi) is 29.4. The number of halogens is 3. The Morgan fingerprint density at radius 2 is 0.486 bits per heavy atom. The molecule has 0 aliphatic rings. The lowest BCUT2D eigenvalue weighted by Crippen LogP contribution is -2.00. The van der Waals surface area contributed by atoms with E-state index in [0.717, 1.165) is 111 Å². The zero-order chi connectivity index (χ0) is 80.8. The standard InChI is InChI=1S/C20H16O2.2C16H14O3.3C14H11ClO2/c1-14-11-12-16(13-19(14)20(21)22)18-10-6-5-9-17(18)15-7-3-2-4-8-15;1-10-3-4-14(9-15(10)16(18)19)13-7-5-12(6-8-13)11(2)17;1-10-6-7-14(9-15(10)16(18)19)13-5-3-4-12(8-13)11(2)17;1-9-2-3-11(8-13(9)14(16)17)10-4-6-12(15)7-5-10;1-9-5-6-11(8-13(9)14(16)17)10-3-2-4-12(15)7-10;1-9-6-7-10(8-12(9)14(16)17)11-4-2-3-5-13(11)15/h2-13H,1H3,(H,21,22);2*3-9H,1-2H3,(H,18,19);3*2-8H,1H3,(H,16,17). The van der Waals surface area contributed by atoms with Crippen LogP contribution in [-0.4, -0.2) is 78.0 Å². The molecule has 0 bridgehead atoms. The number of aryl methyl sites for hydroxylation is 6. The van der Waals surface area contributed by atoms with Crippen molar-refractivity contribution in [2.24, 2.45) is 0 Å². The summed E-state index contributed by atoms with van der Waals surface area (Å²) < 4.78 is 0. The van der Waals surface area contributed by atoms with Gasteiger partial charge in [0.05, 0.1) is 33.4 Å². The summed E-state index contributed by atoms with van der Waals surface area (Å²) in [5.41, 5.74) is 20.5. The van der Waals surface area contributed by atoms with Gasteiger partial charge in [-0.3, -0.25) is 9.59 Å². The fourth-order valence-electron chi connectivity index (χ4n) is 11.6. The second-order valence-corrected chi connectivity index (χ2v) is 27.0. The van der Waals surface area contributed by atoms with Gasteiger partial charge >= 0.3 is 35.8 Å². The smallest absolute Gasteiger partial charge is 0.335 e. The van der Waals surface area contributed by atoms with Gasteiger partial charge in [0.1, 0.15) is 0 Å². The number of hydrogen-bond donors (Lipinski definition) is 6. The normalized spacial score (nSPS) is 10.3. The SMILES string of the molecule is CC(=O)c1ccc(-c2ccc(C)c(C(=O)O)c2)cc1.CC(=O)c1cccc(-c2ccc(C)c(C(=O)O)c2)c1.Cc1ccc(-c2ccc(Cl)cc2)cc1C(=O)O.Cc1ccc(-c2cccc(Cl)c2)cc1C(=O)O.Cc1ccc(-c2ccccc2-c2ccccc2)cc1C(=O)O.Cc1ccc(-c2ccccc2Cl)cc1C(=O)O. The molecule has 0 unspecified atom stereocenters. The molecule has 558 valence electrons. The van der Waals surface area contributed by atoms with E-state index in [1.165, 1.54) is 13.8 Å². The number of hydrogen-bond acceptors (Lipinski definition) is 8. The van der Waals surface area contributed by atoms with Crippen molar-refractivity contribution in [3.8, 4) is 77.9 Å². The monoisotopic (exact) mass is 1530 g/mol. The molecular weight excluding hydrogens is 1460 g/mol. The van der Waals surface area contributed by atoms with Gasteiger partial charge in [0.2, 0.25) is 0 Å². The number of carbonyl (C=O) groups excluding carboxylic acids is 2. The largest absolute Gasteiger partial charge is 0.478 e. The maximum Gasteiger partial charge on any atom is 0.335 e. The number of Topliss-reactive ketones (excluding diaryl/α,β-unsaturated/α-hetero) is 2. The van der Waals surface area contributed by atoms with Crippen LogP contribution < -0.4 is 0 Å². The molecule has 13 aromatic carbocycles. The molecule has 0 spiro atoms. The predicted octanol–water partition coefficient (Wildman–Crippen LogP) is 24.2. The van der Waals surface area contributed by atoms with Crippen LogP contribution in [0.3, 0.4) is 0 Å². The van der Waals surface area contributed by atoms with E-state index >= 15 is 0 Å². The Morgan fingerprint density at radius 1 is 0.216 bits per heavy atom. The van der Waals surface area contributed by atoms with E-state index in [-0.39, 0.29) is 17.1 Å². The molecule has 0 atom stereocenters. The van der Waals surface area contributed by atoms with Crippen molar-refractivity contribution in [2.75, 3.05) is 0 Å². The van der Waals surface area contributed by atoms with Crippen LogP contribution in [0.5, 0.6) is 0 Å². The fourth-order valence-corrected chi connectivity index (χ4v) is 12.2. The van der Waals surface area contributed by atoms with Crippen molar-refractivity contribution in [3.63, 3.8) is 0 Å². The summed E-state index contributed by atoms with van der Waals surface area (Å²) >= 11 is 17.8. The average molecular weight is 1540 g/mol. The van der Waals surface area contributed by atoms with Crippen molar-refractivity contribution < 1.29 is 69.0 Å². The van der Waals surface area contributed by atoms with E-state index in [2.05, 4.69) is 18.2 Å². The third kappa shape index (κ3) is 23.0. The van der Waals surface area contributed by atoms with Crippen molar-refractivity contribution in [3.05, 3.63) is 378 Å². The van der Waals surface area contributed by atoms with Gasteiger partial charge in [0.15, 0.2) is 11.6 Å². The van der Waals surface area contributed by atoms with Crippen LogP contribution in [0, 0.1) is 41.5 Å². The van der Waals surface area contributed by atoms with E-state index in [0.29, 0.717) is 54.0 Å². The molecule has 0 saturated carbocycles. The second-order valence-electron chi connectivity index (χ2n) is 25.7. The molecule has 13 aromatic rings. The third-order valence-corrected chi connectivity index (χ3v) is 18.7. The summed E-state index contributed by atoms with van der Waals surface area (Å²) in [4.78, 5) is 89.3. The number of carboxylic acid groups (broad SMARTS) is 6. The molecule has 6 N–H and O–H groups in total. The maximum atomic E-state index is 11.4. The van der Waals surface area contributed by atoms with Gasteiger partial charge in [-0.2, -0.15) is 0 Å². The van der Waals surface area contributed by atoms with E-state index in [9.17, 15) is 43.5 Å². The molecule has 0 heterocycles. The van der Waals surface area contributed by atoms with E-state index in [1.54, 1.807) is 150 Å². The molecule has 0 aromatic heterocycles. The van der Waals surface area contributed by atoms with E-state index in [1.807, 2.05) is 159 Å². The van der Waals surface area contributed by atoms with Crippen LogP contribution in [0.25, 0.3) is 77.9 Å². The highest BCUT2D eigenvalue weighted by Crippen LogP contribution is 2.35. The van der Waals surface area contributed by atoms with Crippen molar-refractivity contribution in [1.82, 2.24) is 0 Å². The number of aromatic carboxylic acids is 6. The first-order valence-electron chi connectivity index (χ1n) is 34.6. The number of benzene rings is 13. The zero-order valence-corrected chi connectivity index (χ0v) is 64.0. The molecule has 13 rings (SSSR count). The molecule has 0 saturated heterocycles. The van der Waals surface area contributed by atoms with Gasteiger partial charge in [-0.05, 0) is 234 Å². The van der Waals surface area contributed by atoms with Crippen LogP contribution in [0.2, 0.25) is 15.1 Å². The summed E-state index contributed by atoms with van der Waals surface area (Å²) in [6, 6.07) is 86.9. The zero-order valence-electron chi connectivity index (χ0n) is 61.7. The lowest BCUT2D eigenvalue weighted by atomic mass is 9.93. The minimum atomic E-state index is -0.943. The van der Waals surface area contributed by atoms with E-state index in [4.69, 9.17) is 60.3 Å². The van der Waals surface area contributed by atoms with Gasteiger partial charge < -0.3 is 30.6 Å². The highest BCUT2D eigenvalue weighted by atomic mass is 35.5. The van der Waals surface area contributed by atoms with Crippen LogP contribution in [0.4, 0.5) is 0 Å². The summed E-state index contributed by atoms with van der Waals surface area (Å²) in [5, 5.41) is 56.7. The second kappa shape index (κ2) is 39.1. The molecule has 0 amide bonds. The molecule has 111 heavy (non-hydrogen) atoms. The summed E-state index contributed by atoms with van der Waals surface area (Å²) in [6.07, 6.45) is 0. The number of carboxylic acids is 6. The predicted molar refractivity (Wildman–Crippen MR) is 442 cm³/mol. The average Bonchev–Trinajstić information content (AvgIpc) is 0.795. The van der Waals surface area contributed by atoms with Crippen LogP contribution in [0.1, 0.15) is 130 Å². The quantitative estimate of drug-likeness (QED) is 0.0522. The Balaban J connectivity index is 0.000000168. The molecule has 0 fully saturated rings.